The summed E-state index contributed by atoms with van der Waals surface area (Å²) < 4.78 is 5.55. The number of ether oxygens (including phenoxy) is 1. The third kappa shape index (κ3) is 3.70. The van der Waals surface area contributed by atoms with Crippen molar-refractivity contribution >= 4 is 16.9 Å². The maximum Gasteiger partial charge on any atom is 0.245 e. The molecule has 3 aromatic rings. The topological polar surface area (TPSA) is 91.3 Å². The van der Waals surface area contributed by atoms with Gasteiger partial charge >= 0.3 is 0 Å². The van der Waals surface area contributed by atoms with Crippen molar-refractivity contribution in [3.8, 4) is 17.0 Å². The van der Waals surface area contributed by atoms with Gasteiger partial charge in [-0.15, -0.1) is 10.2 Å². The second kappa shape index (κ2) is 8.15. The molecule has 0 atom stereocenters. The fraction of sp³-hybridized carbons (Fsp3) is 0.375. The molecule has 1 aromatic carbocycles. The number of phenolic OH excluding ortho intramolecular Hbond substituents is 1. The number of aromatic amines is 1. The van der Waals surface area contributed by atoms with Crippen molar-refractivity contribution in [3.63, 3.8) is 0 Å². The molecule has 2 saturated heterocycles. The minimum absolute atomic E-state index is 0.0278. The molecule has 5 rings (SSSR count). The van der Waals surface area contributed by atoms with Crippen LogP contribution in [0.1, 0.15) is 30.0 Å². The molecule has 2 N–H and O–H groups in total. The second-order valence-electron chi connectivity index (χ2n) is 8.43. The van der Waals surface area contributed by atoms with Crippen molar-refractivity contribution in [2.24, 2.45) is 5.92 Å². The van der Waals surface area contributed by atoms with Crippen molar-refractivity contribution < 1.29 is 14.6 Å². The number of amides is 1. The summed E-state index contributed by atoms with van der Waals surface area (Å²) in [7, 11) is 0. The van der Waals surface area contributed by atoms with E-state index in [1.807, 2.05) is 18.2 Å². The predicted octanol–water partition coefficient (Wildman–Crippen LogP) is 3.41. The molecule has 31 heavy (non-hydrogen) atoms. The summed E-state index contributed by atoms with van der Waals surface area (Å²) in [6.07, 6.45) is 4.40. The van der Waals surface area contributed by atoms with Crippen LogP contribution in [0.5, 0.6) is 5.75 Å². The van der Waals surface area contributed by atoms with Crippen molar-refractivity contribution in [1.82, 2.24) is 20.1 Å². The number of rotatable bonds is 5. The molecule has 0 unspecified atom stereocenters. The molecule has 7 heteroatoms. The van der Waals surface area contributed by atoms with E-state index < -0.39 is 0 Å². The van der Waals surface area contributed by atoms with Crippen molar-refractivity contribution in [1.29, 1.82) is 0 Å². The van der Waals surface area contributed by atoms with Gasteiger partial charge < -0.3 is 19.7 Å². The van der Waals surface area contributed by atoms with Gasteiger partial charge in [-0.25, -0.2) is 0 Å². The van der Waals surface area contributed by atoms with Gasteiger partial charge in [-0.1, -0.05) is 18.7 Å². The zero-order valence-electron chi connectivity index (χ0n) is 17.4. The molecule has 2 aliphatic heterocycles. The Balaban J connectivity index is 1.54. The summed E-state index contributed by atoms with van der Waals surface area (Å²) in [5.74, 6) is 0.969. The lowest BCUT2D eigenvalue weighted by Gasteiger charge is -2.39. The van der Waals surface area contributed by atoms with Gasteiger partial charge in [0.25, 0.3) is 0 Å². The first kappa shape index (κ1) is 19.8. The number of nitrogens with zero attached hydrogens (tertiary/aromatic N) is 3. The molecule has 2 aromatic heterocycles. The van der Waals surface area contributed by atoms with Crippen LogP contribution in [-0.4, -0.2) is 57.4 Å². The van der Waals surface area contributed by atoms with E-state index in [4.69, 9.17) is 4.74 Å². The Labute approximate surface area is 180 Å². The van der Waals surface area contributed by atoms with Crippen molar-refractivity contribution in [2.75, 3.05) is 26.3 Å². The average Bonchev–Trinajstić information content (AvgIpc) is 3.11. The molecule has 160 valence electrons. The zero-order chi connectivity index (χ0) is 21.4. The van der Waals surface area contributed by atoms with Gasteiger partial charge in [-0.05, 0) is 55.0 Å². The molecule has 0 spiro atoms. The Morgan fingerprint density at radius 3 is 2.77 bits per heavy atom. The lowest BCUT2D eigenvalue weighted by Crippen LogP contribution is -2.48. The number of hydrogen-bond acceptors (Lipinski definition) is 5. The molecule has 0 radical (unpaired) electrons. The number of carbonyl (C=O) groups is 1. The van der Waals surface area contributed by atoms with Crippen LogP contribution in [0.2, 0.25) is 0 Å². The Bertz CT molecular complexity index is 1130. The quantitative estimate of drug-likeness (QED) is 0.620. The van der Waals surface area contributed by atoms with Crippen LogP contribution in [-0.2, 0) is 16.0 Å². The van der Waals surface area contributed by atoms with Gasteiger partial charge in [0.1, 0.15) is 5.75 Å². The number of H-pyrrole nitrogens is 1. The van der Waals surface area contributed by atoms with E-state index in [2.05, 4.69) is 21.8 Å². The number of nitrogens with one attached hydrogen (secondary N) is 1. The van der Waals surface area contributed by atoms with Crippen LogP contribution in [0.4, 0.5) is 0 Å². The van der Waals surface area contributed by atoms with Crippen LogP contribution in [0.3, 0.4) is 0 Å². The van der Waals surface area contributed by atoms with Crippen LogP contribution < -0.4 is 0 Å². The fourth-order valence-corrected chi connectivity index (χ4v) is 4.66. The summed E-state index contributed by atoms with van der Waals surface area (Å²) >= 11 is 0. The molecule has 0 bridgehead atoms. The molecular weight excluding hydrogens is 392 g/mol. The Hall–Kier alpha value is -3.19. The van der Waals surface area contributed by atoms with Gasteiger partial charge in [0.05, 0.1) is 5.69 Å². The molecule has 2 fully saturated rings. The minimum Gasteiger partial charge on any atom is -0.507 e. The highest BCUT2D eigenvalue weighted by atomic mass is 16.5. The average molecular weight is 418 g/mol. The number of aromatic hydroxyl groups is 1. The monoisotopic (exact) mass is 418 g/mol. The number of likely N-dealkylation sites (tertiary alicyclic amines) is 1. The maximum atomic E-state index is 11.9. The molecular formula is C24H26N4O3. The summed E-state index contributed by atoms with van der Waals surface area (Å²) in [6, 6.07) is 9.21. The van der Waals surface area contributed by atoms with Crippen molar-refractivity contribution in [2.45, 2.75) is 25.2 Å². The van der Waals surface area contributed by atoms with Crippen LogP contribution in [0, 0.1) is 5.92 Å². The summed E-state index contributed by atoms with van der Waals surface area (Å²) in [4.78, 5) is 17.2. The number of phenols is 1. The summed E-state index contributed by atoms with van der Waals surface area (Å²) in [5.41, 5.74) is 4.48. The number of carbonyl (C=O) groups excluding carboxylic acids is 1. The van der Waals surface area contributed by atoms with Gasteiger partial charge in [0, 0.05) is 48.9 Å². The highest BCUT2D eigenvalue weighted by Gasteiger charge is 2.34. The van der Waals surface area contributed by atoms with Gasteiger partial charge in [-0.2, -0.15) is 0 Å². The third-order valence-corrected chi connectivity index (χ3v) is 6.49. The van der Waals surface area contributed by atoms with Gasteiger partial charge in [0.15, 0.2) is 5.65 Å². The Kier molecular flexibility index (Phi) is 5.19. The zero-order valence-corrected chi connectivity index (χ0v) is 17.4. The minimum atomic E-state index is -0.0278. The van der Waals surface area contributed by atoms with E-state index in [1.165, 1.54) is 11.6 Å². The molecule has 7 nitrogen and oxygen atoms in total. The molecule has 0 aliphatic carbocycles. The second-order valence-corrected chi connectivity index (χ2v) is 8.43. The first-order valence-corrected chi connectivity index (χ1v) is 10.8. The molecule has 2 aliphatic rings. The van der Waals surface area contributed by atoms with E-state index in [0.29, 0.717) is 30.3 Å². The SMILES string of the molecule is C=CC(=O)N1CC(c2[nH]c3nnc(-c4ccccc4O)cc3c2CC2CCOCC2)C1. The number of fused-ring (bicyclic) bond motifs is 1. The van der Waals surface area contributed by atoms with E-state index in [-0.39, 0.29) is 17.6 Å². The largest absolute Gasteiger partial charge is 0.507 e. The molecule has 0 saturated carbocycles. The predicted molar refractivity (Wildman–Crippen MR) is 118 cm³/mol. The molecule has 4 heterocycles. The van der Waals surface area contributed by atoms with E-state index in [1.54, 1.807) is 17.0 Å². The number of para-hydroxylation sites is 1. The van der Waals surface area contributed by atoms with Crippen LogP contribution in [0.15, 0.2) is 43.0 Å². The van der Waals surface area contributed by atoms with E-state index in [9.17, 15) is 9.90 Å². The maximum absolute atomic E-state index is 11.9. The Morgan fingerprint density at radius 1 is 1.26 bits per heavy atom. The fourth-order valence-electron chi connectivity index (χ4n) is 4.66. The molecule has 1 amide bonds. The highest BCUT2D eigenvalue weighted by molar-refractivity contribution is 5.88. The standard InChI is InChI=1S/C24H26N4O3/c1-2-22(30)28-13-16(14-28)23-18(11-15-7-9-31-10-8-15)19-12-20(26-27-24(19)25-23)17-5-3-4-6-21(17)29/h2-6,12,15-16,29H,1,7-11,13-14H2,(H,25,27). The lowest BCUT2D eigenvalue weighted by atomic mass is 9.86. The van der Waals surface area contributed by atoms with Crippen LogP contribution >= 0.6 is 0 Å². The summed E-state index contributed by atoms with van der Waals surface area (Å²) in [6.45, 7) is 6.55. The number of benzene rings is 1. The number of aromatic nitrogens is 3. The first-order valence-electron chi connectivity index (χ1n) is 10.8. The Morgan fingerprint density at radius 2 is 2.03 bits per heavy atom. The first-order chi connectivity index (χ1) is 15.1. The normalized spacial score (nSPS) is 17.6. The smallest absolute Gasteiger partial charge is 0.245 e. The number of hydrogen-bond donors (Lipinski definition) is 2. The van der Waals surface area contributed by atoms with Gasteiger partial charge in [0.2, 0.25) is 5.91 Å². The third-order valence-electron chi connectivity index (χ3n) is 6.49. The highest BCUT2D eigenvalue weighted by Crippen LogP contribution is 2.37. The summed E-state index contributed by atoms with van der Waals surface area (Å²) in [5, 5.41) is 20.1. The van der Waals surface area contributed by atoms with Crippen LogP contribution in [0.25, 0.3) is 22.3 Å². The van der Waals surface area contributed by atoms with E-state index in [0.717, 1.165) is 49.2 Å². The van der Waals surface area contributed by atoms with Gasteiger partial charge in [-0.3, -0.25) is 4.79 Å². The lowest BCUT2D eigenvalue weighted by molar-refractivity contribution is -0.130. The van der Waals surface area contributed by atoms with E-state index >= 15 is 0 Å². The van der Waals surface area contributed by atoms with Crippen molar-refractivity contribution in [3.05, 3.63) is 54.2 Å².